The van der Waals surface area contributed by atoms with E-state index in [1.807, 2.05) is 44.2 Å². The SMILES string of the molecule is CCCC(C(=O)Nc1c(C)cc(C)cc1C)[PH](C)(C)CC(=O)OCc1ccccc1. The van der Waals surface area contributed by atoms with E-state index < -0.39 is 7.26 Å². The van der Waals surface area contributed by atoms with E-state index in [9.17, 15) is 9.59 Å². The average molecular weight is 430 g/mol. The predicted molar refractivity (Wildman–Crippen MR) is 129 cm³/mol. The van der Waals surface area contributed by atoms with Crippen molar-refractivity contribution in [2.45, 2.75) is 52.8 Å². The van der Waals surface area contributed by atoms with Gasteiger partial charge in [0.2, 0.25) is 0 Å². The summed E-state index contributed by atoms with van der Waals surface area (Å²) in [5, 5.41) is 3.17. The molecule has 0 saturated heterocycles. The molecular weight excluding hydrogens is 393 g/mol. The van der Waals surface area contributed by atoms with Crippen molar-refractivity contribution in [1.82, 2.24) is 0 Å². The quantitative estimate of drug-likeness (QED) is 0.425. The number of benzene rings is 2. The van der Waals surface area contributed by atoms with E-state index in [0.29, 0.717) is 6.16 Å². The van der Waals surface area contributed by atoms with Crippen LogP contribution in [0.15, 0.2) is 42.5 Å². The zero-order chi connectivity index (χ0) is 22.3. The molecule has 2 rings (SSSR count). The van der Waals surface area contributed by atoms with Crippen LogP contribution in [0.3, 0.4) is 0 Å². The number of carbonyl (C=O) groups excluding carboxylic acids is 2. The molecule has 1 amide bonds. The molecule has 5 heteroatoms. The topological polar surface area (TPSA) is 55.4 Å². The van der Waals surface area contributed by atoms with Crippen LogP contribution >= 0.6 is 7.26 Å². The monoisotopic (exact) mass is 429 g/mol. The van der Waals surface area contributed by atoms with Gasteiger partial charge >= 0.3 is 181 Å². The molecule has 0 heterocycles. The summed E-state index contributed by atoms with van der Waals surface area (Å²) >= 11 is 0. The summed E-state index contributed by atoms with van der Waals surface area (Å²) in [4.78, 5) is 25.8. The van der Waals surface area contributed by atoms with Gasteiger partial charge in [-0.25, -0.2) is 0 Å². The van der Waals surface area contributed by atoms with Crippen molar-refractivity contribution >= 4 is 24.8 Å². The maximum atomic E-state index is 13.3. The Morgan fingerprint density at radius 2 is 1.63 bits per heavy atom. The third-order valence-electron chi connectivity index (χ3n) is 5.60. The molecule has 0 aliphatic carbocycles. The zero-order valence-electron chi connectivity index (χ0n) is 19.2. The van der Waals surface area contributed by atoms with E-state index in [-0.39, 0.29) is 24.1 Å². The van der Waals surface area contributed by atoms with Crippen LogP contribution in [0.25, 0.3) is 0 Å². The molecule has 1 N–H and O–H groups in total. The fourth-order valence-corrected chi connectivity index (χ4v) is 6.98. The van der Waals surface area contributed by atoms with Crippen molar-refractivity contribution < 1.29 is 14.3 Å². The molecular formula is C25H36NO3P. The van der Waals surface area contributed by atoms with Gasteiger partial charge in [0, 0.05) is 0 Å². The minimum atomic E-state index is -2.20. The first kappa shape index (κ1) is 24.1. The van der Waals surface area contributed by atoms with Gasteiger partial charge in [0.15, 0.2) is 0 Å². The predicted octanol–water partition coefficient (Wildman–Crippen LogP) is 5.47. The number of nitrogens with one attached hydrogen (secondary N) is 1. The third-order valence-corrected chi connectivity index (χ3v) is 9.24. The van der Waals surface area contributed by atoms with E-state index >= 15 is 0 Å². The molecule has 4 nitrogen and oxygen atoms in total. The molecule has 0 saturated carbocycles. The summed E-state index contributed by atoms with van der Waals surface area (Å²) in [6.45, 7) is 12.7. The van der Waals surface area contributed by atoms with Crippen LogP contribution in [0.2, 0.25) is 0 Å². The van der Waals surface area contributed by atoms with Crippen LogP contribution in [-0.2, 0) is 20.9 Å². The second-order valence-electron chi connectivity index (χ2n) is 8.92. The van der Waals surface area contributed by atoms with E-state index in [1.165, 1.54) is 5.56 Å². The summed E-state index contributed by atoms with van der Waals surface area (Å²) in [5.74, 6) is -0.188. The molecule has 1 atom stereocenters. The summed E-state index contributed by atoms with van der Waals surface area (Å²) in [6, 6.07) is 13.8. The van der Waals surface area contributed by atoms with Crippen molar-refractivity contribution in [2.24, 2.45) is 0 Å². The molecule has 2 aromatic rings. The van der Waals surface area contributed by atoms with E-state index in [2.05, 4.69) is 44.6 Å². The third kappa shape index (κ3) is 6.67. The van der Waals surface area contributed by atoms with Gasteiger partial charge in [-0.15, -0.1) is 0 Å². The molecule has 0 spiro atoms. The number of anilines is 1. The number of aryl methyl sites for hydroxylation is 3. The first-order valence-corrected chi connectivity index (χ1v) is 14.0. The molecule has 164 valence electrons. The van der Waals surface area contributed by atoms with E-state index in [4.69, 9.17) is 4.74 Å². The molecule has 0 fully saturated rings. The number of esters is 1. The molecule has 0 aromatic heterocycles. The summed E-state index contributed by atoms with van der Waals surface area (Å²) in [6.07, 6.45) is 2.02. The summed E-state index contributed by atoms with van der Waals surface area (Å²) < 4.78 is 5.51. The average Bonchev–Trinajstić information content (AvgIpc) is 2.67. The molecule has 1 unspecified atom stereocenters. The standard InChI is InChI=1S/C25H36NO3P/c1-7-11-22(25(28)26-24-19(3)14-18(2)15-20(24)4)30(5,6)17-23(27)29-16-21-12-9-8-10-13-21/h8-10,12-15,22,30H,7,11,16-17H2,1-6H3,(H,26,28). The normalized spacial score (nSPS) is 12.9. The Balaban J connectivity index is 2.08. The van der Waals surface area contributed by atoms with Crippen LogP contribution in [0.5, 0.6) is 0 Å². The van der Waals surface area contributed by atoms with Crippen LogP contribution < -0.4 is 5.32 Å². The second-order valence-corrected chi connectivity index (χ2v) is 13.9. The first-order valence-electron chi connectivity index (χ1n) is 10.7. The zero-order valence-corrected chi connectivity index (χ0v) is 20.2. The molecule has 0 aliphatic heterocycles. The van der Waals surface area contributed by atoms with Gasteiger partial charge in [0.1, 0.15) is 0 Å². The molecule has 2 aromatic carbocycles. The number of carbonyl (C=O) groups is 2. The molecule has 30 heavy (non-hydrogen) atoms. The number of hydrogen-bond acceptors (Lipinski definition) is 3. The van der Waals surface area contributed by atoms with Gasteiger partial charge < -0.3 is 0 Å². The number of ether oxygens (including phenoxy) is 1. The number of hydrogen-bond donors (Lipinski definition) is 1. The van der Waals surface area contributed by atoms with Gasteiger partial charge in [0.05, 0.1) is 0 Å². The molecule has 0 bridgehead atoms. The Hall–Kier alpha value is -2.19. The Labute approximate surface area is 181 Å². The molecule has 0 radical (unpaired) electrons. The van der Waals surface area contributed by atoms with Gasteiger partial charge in [0.25, 0.3) is 0 Å². The maximum absolute atomic E-state index is 13.3. The van der Waals surface area contributed by atoms with Gasteiger partial charge in [-0.3, -0.25) is 0 Å². The Bertz CT molecular complexity index is 854. The Kier molecular flexibility index (Phi) is 8.61. The van der Waals surface area contributed by atoms with Crippen LogP contribution in [-0.4, -0.2) is 37.0 Å². The number of amides is 1. The first-order chi connectivity index (χ1) is 14.1. The van der Waals surface area contributed by atoms with Crippen molar-refractivity contribution in [1.29, 1.82) is 0 Å². The number of rotatable bonds is 9. The summed E-state index contributed by atoms with van der Waals surface area (Å²) in [5.41, 5.74) is 5.04. The van der Waals surface area contributed by atoms with Crippen molar-refractivity contribution in [3.05, 3.63) is 64.7 Å². The van der Waals surface area contributed by atoms with E-state index in [1.54, 1.807) is 0 Å². The van der Waals surface area contributed by atoms with Crippen molar-refractivity contribution in [3.8, 4) is 0 Å². The minimum absolute atomic E-state index is 0.0272. The summed E-state index contributed by atoms with van der Waals surface area (Å²) in [7, 11) is -2.20. The van der Waals surface area contributed by atoms with Crippen molar-refractivity contribution in [3.63, 3.8) is 0 Å². The Morgan fingerprint density at radius 3 is 2.20 bits per heavy atom. The molecule has 0 aliphatic rings. The Morgan fingerprint density at radius 1 is 1.03 bits per heavy atom. The van der Waals surface area contributed by atoms with E-state index in [0.717, 1.165) is 35.2 Å². The van der Waals surface area contributed by atoms with Crippen molar-refractivity contribution in [2.75, 3.05) is 24.8 Å². The van der Waals surface area contributed by atoms with Gasteiger partial charge in [-0.1, -0.05) is 0 Å². The van der Waals surface area contributed by atoms with Crippen LogP contribution in [0, 0.1) is 20.8 Å². The van der Waals surface area contributed by atoms with Gasteiger partial charge in [-0.2, -0.15) is 0 Å². The fraction of sp³-hybridized carbons (Fsp3) is 0.440. The fourth-order valence-electron chi connectivity index (χ4n) is 4.04. The second kappa shape index (κ2) is 10.7. The van der Waals surface area contributed by atoms with Crippen LogP contribution in [0.1, 0.15) is 42.0 Å². The van der Waals surface area contributed by atoms with Gasteiger partial charge in [-0.05, 0) is 0 Å². The van der Waals surface area contributed by atoms with Crippen LogP contribution in [0.4, 0.5) is 5.69 Å².